The van der Waals surface area contributed by atoms with Crippen LogP contribution >= 0.6 is 0 Å². The van der Waals surface area contributed by atoms with Crippen molar-refractivity contribution in [1.82, 2.24) is 0 Å². The molecule has 0 amide bonds. The summed E-state index contributed by atoms with van der Waals surface area (Å²) in [6.07, 6.45) is 0. The molecule has 0 saturated carbocycles. The van der Waals surface area contributed by atoms with Gasteiger partial charge in [0, 0.05) is 12.7 Å². The Labute approximate surface area is 129 Å². The fourth-order valence-corrected chi connectivity index (χ4v) is 2.36. The van der Waals surface area contributed by atoms with Crippen LogP contribution in [0.15, 0.2) is 18.2 Å². The zero-order chi connectivity index (χ0) is 16.1. The van der Waals surface area contributed by atoms with Gasteiger partial charge in [0.2, 0.25) is 0 Å². The highest BCUT2D eigenvalue weighted by Crippen LogP contribution is 2.39. The molecular formula is C18H30O3. The number of ether oxygens (including phenoxy) is 3. The van der Waals surface area contributed by atoms with Crippen LogP contribution in [-0.2, 0) is 20.3 Å². The number of rotatable bonds is 6. The molecule has 0 radical (unpaired) electrons. The molecule has 0 unspecified atom stereocenters. The molecule has 0 saturated heterocycles. The first-order chi connectivity index (χ1) is 9.68. The first-order valence-electron chi connectivity index (χ1n) is 7.51. The molecular weight excluding hydrogens is 264 g/mol. The molecule has 0 N–H and O–H groups in total. The van der Waals surface area contributed by atoms with Crippen molar-refractivity contribution in [2.45, 2.75) is 52.4 Å². The third kappa shape index (κ3) is 5.33. The highest BCUT2D eigenvalue weighted by molar-refractivity contribution is 5.47. The first-order valence-corrected chi connectivity index (χ1v) is 7.51. The van der Waals surface area contributed by atoms with Gasteiger partial charge in [-0.1, -0.05) is 53.7 Å². The second-order valence-corrected chi connectivity index (χ2v) is 7.34. The molecule has 1 aromatic carbocycles. The van der Waals surface area contributed by atoms with Gasteiger partial charge in [0.15, 0.2) is 6.79 Å². The molecule has 0 bridgehead atoms. The van der Waals surface area contributed by atoms with Crippen molar-refractivity contribution in [2.75, 3.05) is 27.1 Å². The van der Waals surface area contributed by atoms with Crippen LogP contribution in [0.4, 0.5) is 0 Å². The average molecular weight is 294 g/mol. The lowest BCUT2D eigenvalue weighted by molar-refractivity contribution is -0.00926. The van der Waals surface area contributed by atoms with Crippen molar-refractivity contribution in [3.8, 4) is 5.75 Å². The van der Waals surface area contributed by atoms with Gasteiger partial charge in [-0.25, -0.2) is 0 Å². The van der Waals surface area contributed by atoms with E-state index in [4.69, 9.17) is 14.2 Å². The summed E-state index contributed by atoms with van der Waals surface area (Å²) >= 11 is 0. The topological polar surface area (TPSA) is 27.7 Å². The van der Waals surface area contributed by atoms with Crippen LogP contribution in [-0.4, -0.2) is 27.1 Å². The number of methoxy groups -OCH3 is 1. The van der Waals surface area contributed by atoms with Crippen LogP contribution in [0.5, 0.6) is 5.75 Å². The average Bonchev–Trinajstić information content (AvgIpc) is 2.36. The van der Waals surface area contributed by atoms with Crippen LogP contribution in [0, 0.1) is 0 Å². The second-order valence-electron chi connectivity index (χ2n) is 7.34. The van der Waals surface area contributed by atoms with E-state index in [-0.39, 0.29) is 17.6 Å². The lowest BCUT2D eigenvalue weighted by atomic mass is 9.75. The summed E-state index contributed by atoms with van der Waals surface area (Å²) in [6, 6.07) is 6.27. The van der Waals surface area contributed by atoms with E-state index in [2.05, 4.69) is 53.7 Å². The summed E-state index contributed by atoms with van der Waals surface area (Å²) in [5, 5.41) is 0. The molecule has 0 heterocycles. The van der Waals surface area contributed by atoms with Crippen LogP contribution < -0.4 is 4.74 Å². The standard InChI is InChI=1S/C18H30O3/c1-17(2,3)14-9-8-10-15(16(14)18(4,5)6)21-13-20-12-11-19-7/h8-10H,11-13H2,1-7H3. The molecule has 0 atom stereocenters. The summed E-state index contributed by atoms with van der Waals surface area (Å²) in [7, 11) is 1.66. The highest BCUT2D eigenvalue weighted by atomic mass is 16.7. The second kappa shape index (κ2) is 7.28. The largest absolute Gasteiger partial charge is 0.467 e. The van der Waals surface area contributed by atoms with Crippen molar-refractivity contribution < 1.29 is 14.2 Å². The van der Waals surface area contributed by atoms with Crippen LogP contribution in [0.3, 0.4) is 0 Å². The van der Waals surface area contributed by atoms with Crippen LogP contribution in [0.25, 0.3) is 0 Å². The molecule has 3 heteroatoms. The van der Waals surface area contributed by atoms with E-state index < -0.39 is 0 Å². The van der Waals surface area contributed by atoms with E-state index in [0.29, 0.717) is 13.2 Å². The monoisotopic (exact) mass is 294 g/mol. The first kappa shape index (κ1) is 18.0. The molecule has 0 fully saturated rings. The smallest absolute Gasteiger partial charge is 0.189 e. The van der Waals surface area contributed by atoms with E-state index >= 15 is 0 Å². The summed E-state index contributed by atoms with van der Waals surface area (Å²) in [5.74, 6) is 0.910. The van der Waals surface area contributed by atoms with Gasteiger partial charge in [-0.05, 0) is 22.5 Å². The van der Waals surface area contributed by atoms with Gasteiger partial charge in [0.1, 0.15) is 5.75 Å². The Morgan fingerprint density at radius 1 is 0.905 bits per heavy atom. The van der Waals surface area contributed by atoms with Gasteiger partial charge >= 0.3 is 0 Å². The van der Waals surface area contributed by atoms with Crippen LogP contribution in [0.1, 0.15) is 52.7 Å². The molecule has 0 spiro atoms. The highest BCUT2D eigenvalue weighted by Gasteiger charge is 2.28. The number of benzene rings is 1. The van der Waals surface area contributed by atoms with Gasteiger partial charge in [-0.2, -0.15) is 0 Å². The Hall–Kier alpha value is -1.06. The van der Waals surface area contributed by atoms with E-state index in [9.17, 15) is 0 Å². The van der Waals surface area contributed by atoms with Crippen LogP contribution in [0.2, 0.25) is 0 Å². The molecule has 21 heavy (non-hydrogen) atoms. The Morgan fingerprint density at radius 2 is 1.57 bits per heavy atom. The maximum Gasteiger partial charge on any atom is 0.189 e. The predicted octanol–water partition coefficient (Wildman–Crippen LogP) is 4.28. The Balaban J connectivity index is 2.98. The molecule has 0 aromatic heterocycles. The van der Waals surface area contributed by atoms with Crippen molar-refractivity contribution in [3.63, 3.8) is 0 Å². The minimum absolute atomic E-state index is 0.0196. The van der Waals surface area contributed by atoms with E-state index in [1.165, 1.54) is 11.1 Å². The van der Waals surface area contributed by atoms with E-state index in [1.54, 1.807) is 7.11 Å². The Morgan fingerprint density at radius 3 is 2.10 bits per heavy atom. The molecule has 0 aliphatic carbocycles. The van der Waals surface area contributed by atoms with Gasteiger partial charge < -0.3 is 14.2 Å². The van der Waals surface area contributed by atoms with Crippen molar-refractivity contribution in [3.05, 3.63) is 29.3 Å². The summed E-state index contributed by atoms with van der Waals surface area (Å²) < 4.78 is 16.2. The van der Waals surface area contributed by atoms with Crippen molar-refractivity contribution >= 4 is 0 Å². The van der Waals surface area contributed by atoms with Gasteiger partial charge in [-0.15, -0.1) is 0 Å². The molecule has 0 aliphatic heterocycles. The fourth-order valence-electron chi connectivity index (χ4n) is 2.36. The SMILES string of the molecule is COCCOCOc1cccc(C(C)(C)C)c1C(C)(C)C. The van der Waals surface area contributed by atoms with E-state index in [1.807, 2.05) is 6.07 Å². The van der Waals surface area contributed by atoms with E-state index in [0.717, 1.165) is 5.75 Å². The summed E-state index contributed by atoms with van der Waals surface area (Å²) in [4.78, 5) is 0. The van der Waals surface area contributed by atoms with Gasteiger partial charge in [0.05, 0.1) is 13.2 Å². The third-order valence-electron chi connectivity index (χ3n) is 3.31. The quantitative estimate of drug-likeness (QED) is 0.579. The summed E-state index contributed by atoms with van der Waals surface area (Å²) in [5.41, 5.74) is 2.68. The molecule has 1 aromatic rings. The predicted molar refractivity (Wildman–Crippen MR) is 87.2 cm³/mol. The lowest BCUT2D eigenvalue weighted by Gasteiger charge is -2.31. The number of hydrogen-bond acceptors (Lipinski definition) is 3. The molecule has 120 valence electrons. The van der Waals surface area contributed by atoms with Crippen molar-refractivity contribution in [1.29, 1.82) is 0 Å². The fraction of sp³-hybridized carbons (Fsp3) is 0.667. The van der Waals surface area contributed by atoms with Crippen molar-refractivity contribution in [2.24, 2.45) is 0 Å². The van der Waals surface area contributed by atoms with Gasteiger partial charge in [0.25, 0.3) is 0 Å². The minimum atomic E-state index is 0.0196. The zero-order valence-electron chi connectivity index (χ0n) is 14.6. The zero-order valence-corrected chi connectivity index (χ0v) is 14.6. The minimum Gasteiger partial charge on any atom is -0.467 e. The maximum absolute atomic E-state index is 5.87. The Kier molecular flexibility index (Phi) is 6.24. The maximum atomic E-state index is 5.87. The lowest BCUT2D eigenvalue weighted by Crippen LogP contribution is -2.23. The third-order valence-corrected chi connectivity index (χ3v) is 3.31. The summed E-state index contributed by atoms with van der Waals surface area (Å²) in [6.45, 7) is 14.7. The van der Waals surface area contributed by atoms with Gasteiger partial charge in [-0.3, -0.25) is 0 Å². The Bertz CT molecular complexity index is 439. The molecule has 0 aliphatic rings. The molecule has 1 rings (SSSR count). The number of hydrogen-bond donors (Lipinski definition) is 0. The normalized spacial score (nSPS) is 12.5. The molecule has 3 nitrogen and oxygen atoms in total.